The Morgan fingerprint density at radius 2 is 1.35 bits per heavy atom. The van der Waals surface area contributed by atoms with Crippen molar-refractivity contribution in [3.05, 3.63) is 131 Å². The third-order valence-corrected chi connectivity index (χ3v) is 9.25. The first-order chi connectivity index (χ1) is 28.6. The van der Waals surface area contributed by atoms with Crippen LogP contribution in [-0.2, 0) is 11.8 Å². The first-order valence-corrected chi connectivity index (χ1v) is 18.5. The van der Waals surface area contributed by atoms with Gasteiger partial charge in [-0.2, -0.15) is 5.26 Å². The van der Waals surface area contributed by atoms with Crippen molar-refractivity contribution in [3.63, 3.8) is 0 Å². The highest BCUT2D eigenvalue weighted by atomic mass is 16.5. The summed E-state index contributed by atoms with van der Waals surface area (Å²) < 4.78 is 7.63. The van der Waals surface area contributed by atoms with Crippen LogP contribution in [-0.4, -0.2) is 72.7 Å². The molecule has 5 aromatic carbocycles. The number of aliphatic hydroxyl groups excluding tert-OH is 1. The predicted octanol–water partition coefficient (Wildman–Crippen LogP) is 5.93. The van der Waals surface area contributed by atoms with Gasteiger partial charge in [-0.05, 0) is 112 Å². The third-order valence-electron chi connectivity index (χ3n) is 9.25. The Balaban J connectivity index is 1.09. The van der Waals surface area contributed by atoms with Gasteiger partial charge in [0.1, 0.15) is 11.9 Å². The van der Waals surface area contributed by atoms with E-state index >= 15 is 0 Å². The van der Waals surface area contributed by atoms with E-state index in [2.05, 4.69) is 32.3 Å². The predicted molar refractivity (Wildman–Crippen MR) is 222 cm³/mol. The van der Waals surface area contributed by atoms with Crippen LogP contribution in [0.25, 0.3) is 22.4 Å². The van der Waals surface area contributed by atoms with Crippen LogP contribution >= 0.6 is 0 Å². The first kappa shape index (κ1) is 41.6. The summed E-state index contributed by atoms with van der Waals surface area (Å²) in [7, 11) is 1.83. The molecule has 1 heterocycles. The maximum atomic E-state index is 13.3. The summed E-state index contributed by atoms with van der Waals surface area (Å²) in [4.78, 5) is 68.7. The monoisotopic (exact) mass is 809 g/mol. The average molecular weight is 810 g/mol. The van der Waals surface area contributed by atoms with Crippen LogP contribution in [0, 0.1) is 11.3 Å². The van der Waals surface area contributed by atoms with Crippen LogP contribution in [0.1, 0.15) is 67.8 Å². The Kier molecular flexibility index (Phi) is 12.2. The van der Waals surface area contributed by atoms with Gasteiger partial charge in [-0.1, -0.05) is 12.1 Å². The van der Waals surface area contributed by atoms with Crippen molar-refractivity contribution in [2.75, 3.05) is 16.0 Å². The number of ether oxygens (including phenoxy) is 1. The molecule has 0 fully saturated rings. The van der Waals surface area contributed by atoms with Crippen molar-refractivity contribution in [2.45, 2.75) is 39.0 Å². The number of aromatic carboxylic acids is 1. The SMILES string of the molecule is CC(C)Oc1c(NC(=O)c2ccc(NC(=O)[C@@H](NC(=O)c3ccc(-c4nc5ccc(C#N)cc5n4C)cc3)[C@@H](C)O)cc2)ccc(C(=O)Nc2ccc(C(=O)O)cc2)c1O. The average Bonchev–Trinajstić information content (AvgIpc) is 3.56. The minimum Gasteiger partial charge on any atom is -0.504 e. The minimum atomic E-state index is -1.34. The largest absolute Gasteiger partial charge is 0.504 e. The number of carbonyl (C=O) groups is 5. The molecule has 4 amide bonds. The Morgan fingerprint density at radius 1 is 0.750 bits per heavy atom. The van der Waals surface area contributed by atoms with Gasteiger partial charge in [-0.25, -0.2) is 9.78 Å². The number of carboxylic acids is 1. The molecule has 0 unspecified atom stereocenters. The van der Waals surface area contributed by atoms with Gasteiger partial charge in [-0.3, -0.25) is 19.2 Å². The van der Waals surface area contributed by atoms with Gasteiger partial charge in [-0.15, -0.1) is 0 Å². The maximum absolute atomic E-state index is 13.3. The Hall–Kier alpha value is -8.03. The zero-order valence-corrected chi connectivity index (χ0v) is 32.7. The molecule has 304 valence electrons. The lowest BCUT2D eigenvalue weighted by molar-refractivity contribution is -0.120. The number of rotatable bonds is 13. The van der Waals surface area contributed by atoms with Crippen LogP contribution in [0.15, 0.2) is 103 Å². The van der Waals surface area contributed by atoms with Crippen LogP contribution in [0.2, 0.25) is 0 Å². The van der Waals surface area contributed by atoms with Crippen molar-refractivity contribution >= 4 is 57.7 Å². The van der Waals surface area contributed by atoms with E-state index in [1.807, 2.05) is 11.6 Å². The van der Waals surface area contributed by atoms with E-state index in [0.29, 0.717) is 16.9 Å². The normalized spacial score (nSPS) is 11.9. The van der Waals surface area contributed by atoms with Gasteiger partial charge in [0.05, 0.1) is 51.7 Å². The molecule has 0 aliphatic rings. The number of phenolic OH excluding ortho intramolecular Hbond substituents is 1. The van der Waals surface area contributed by atoms with Crippen molar-refractivity contribution < 1.29 is 44.0 Å². The number of aliphatic hydroxyl groups is 1. The molecule has 6 rings (SSSR count). The number of nitrogens with zero attached hydrogens (tertiary/aromatic N) is 3. The fourth-order valence-electron chi connectivity index (χ4n) is 6.14. The highest BCUT2D eigenvalue weighted by Gasteiger charge is 2.27. The second-order valence-electron chi connectivity index (χ2n) is 13.9. The topological polar surface area (TPSA) is 245 Å². The minimum absolute atomic E-state index is 0.0309. The molecule has 0 radical (unpaired) electrons. The number of nitrogens with one attached hydrogen (secondary N) is 4. The van der Waals surface area contributed by atoms with Gasteiger partial charge >= 0.3 is 5.97 Å². The quantitative estimate of drug-likeness (QED) is 0.0721. The van der Waals surface area contributed by atoms with Gasteiger partial charge in [0.2, 0.25) is 5.91 Å². The number of amides is 4. The Morgan fingerprint density at radius 3 is 1.95 bits per heavy atom. The summed E-state index contributed by atoms with van der Waals surface area (Å²) in [5.41, 5.74) is 3.58. The summed E-state index contributed by atoms with van der Waals surface area (Å²) in [6, 6.07) is 26.4. The standard InChI is InChI=1S/C44H39N7O9/c1-23(2)60-38-34(20-18-32(37(38)53)42(56)46-30-16-12-29(13-17-30)44(58)59)49-40(54)28-10-14-31(15-11-28)47-43(57)36(24(3)52)50-41(55)27-8-6-26(7-9-27)39-48-33-19-5-25(22-45)21-35(33)51(39)4/h5-21,23-24,36,52-53H,1-4H3,(H,46,56)(H,47,57)(H,49,54)(H,50,55)(H,58,59)/t24-,36+/m1/s1. The fourth-order valence-corrected chi connectivity index (χ4v) is 6.14. The molecule has 0 saturated carbocycles. The molecular weight excluding hydrogens is 771 g/mol. The lowest BCUT2D eigenvalue weighted by atomic mass is 10.1. The molecule has 16 nitrogen and oxygen atoms in total. The van der Waals surface area contributed by atoms with Crippen molar-refractivity contribution in [1.82, 2.24) is 14.9 Å². The molecule has 0 spiro atoms. The van der Waals surface area contributed by atoms with Gasteiger partial charge in [0, 0.05) is 35.1 Å². The lowest BCUT2D eigenvalue weighted by Gasteiger charge is -2.21. The smallest absolute Gasteiger partial charge is 0.335 e. The Bertz CT molecular complexity index is 2670. The molecule has 0 aliphatic carbocycles. The molecule has 0 bridgehead atoms. The lowest BCUT2D eigenvalue weighted by Crippen LogP contribution is -2.50. The fraction of sp³-hybridized carbons (Fsp3) is 0.159. The zero-order chi connectivity index (χ0) is 43.2. The van der Waals surface area contributed by atoms with E-state index in [9.17, 15) is 39.4 Å². The second-order valence-corrected chi connectivity index (χ2v) is 13.9. The molecule has 6 aromatic rings. The van der Waals surface area contributed by atoms with Crippen LogP contribution in [0.3, 0.4) is 0 Å². The van der Waals surface area contributed by atoms with E-state index in [1.54, 1.807) is 56.3 Å². The van der Waals surface area contributed by atoms with E-state index in [1.165, 1.54) is 67.6 Å². The molecule has 16 heteroatoms. The summed E-state index contributed by atoms with van der Waals surface area (Å²) in [6.45, 7) is 4.75. The van der Waals surface area contributed by atoms with Crippen LogP contribution in [0.5, 0.6) is 11.5 Å². The van der Waals surface area contributed by atoms with E-state index in [0.717, 1.165) is 11.1 Å². The molecule has 0 saturated heterocycles. The number of aromatic hydroxyl groups is 1. The number of aryl methyl sites for hydroxylation is 1. The molecule has 60 heavy (non-hydrogen) atoms. The van der Waals surface area contributed by atoms with Crippen LogP contribution in [0.4, 0.5) is 17.1 Å². The van der Waals surface area contributed by atoms with Gasteiger partial charge in [0.25, 0.3) is 17.7 Å². The number of carbonyl (C=O) groups excluding carboxylic acids is 4. The van der Waals surface area contributed by atoms with Crippen molar-refractivity contribution in [2.24, 2.45) is 7.05 Å². The number of fused-ring (bicyclic) bond motifs is 1. The summed E-state index contributed by atoms with van der Waals surface area (Å²) in [6.07, 6.45) is -1.75. The number of carboxylic acid groups (broad SMARTS) is 1. The molecule has 0 aliphatic heterocycles. The number of phenols is 1. The molecule has 7 N–H and O–H groups in total. The van der Waals surface area contributed by atoms with E-state index in [-0.39, 0.29) is 45.1 Å². The first-order valence-electron chi connectivity index (χ1n) is 18.5. The van der Waals surface area contributed by atoms with Crippen LogP contribution < -0.4 is 26.0 Å². The number of hydrogen-bond acceptors (Lipinski definition) is 10. The maximum Gasteiger partial charge on any atom is 0.335 e. The van der Waals surface area contributed by atoms with Gasteiger partial charge in [0.15, 0.2) is 11.5 Å². The summed E-state index contributed by atoms with van der Waals surface area (Å²) in [5.74, 6) is -3.83. The zero-order valence-electron chi connectivity index (χ0n) is 32.7. The van der Waals surface area contributed by atoms with E-state index < -0.39 is 53.6 Å². The van der Waals surface area contributed by atoms with Crippen molar-refractivity contribution in [1.29, 1.82) is 5.26 Å². The Labute approximate surface area is 343 Å². The molecule has 2 atom stereocenters. The number of aromatic nitrogens is 2. The third kappa shape index (κ3) is 9.23. The van der Waals surface area contributed by atoms with Crippen molar-refractivity contribution in [3.8, 4) is 29.0 Å². The van der Waals surface area contributed by atoms with E-state index in [4.69, 9.17) is 9.84 Å². The summed E-state index contributed by atoms with van der Waals surface area (Å²) >= 11 is 0. The highest BCUT2D eigenvalue weighted by Crippen LogP contribution is 2.39. The second kappa shape index (κ2) is 17.6. The number of benzene rings is 5. The number of nitriles is 1. The molecular formula is C44H39N7O9. The highest BCUT2D eigenvalue weighted by molar-refractivity contribution is 6.10. The number of imidazole rings is 1. The molecule has 1 aromatic heterocycles. The number of anilines is 3. The summed E-state index contributed by atoms with van der Waals surface area (Å²) in [5, 5.41) is 50.4. The van der Waals surface area contributed by atoms with Gasteiger partial charge < -0.3 is 45.9 Å². The number of hydrogen-bond donors (Lipinski definition) is 7.